The van der Waals surface area contributed by atoms with Gasteiger partial charge >= 0.3 is 0 Å². The maximum Gasteiger partial charge on any atom is 0.242 e. The normalized spacial score (nSPS) is 12.0. The monoisotopic (exact) mass is 531 g/mol. The zero-order chi connectivity index (χ0) is 27.4. The molecule has 0 spiro atoms. The topological polar surface area (TPSA) is 96.0 Å². The summed E-state index contributed by atoms with van der Waals surface area (Å²) in [6, 6.07) is 14.2. The third-order valence-electron chi connectivity index (χ3n) is 6.12. The Hall–Kier alpha value is -3.07. The highest BCUT2D eigenvalue weighted by atomic mass is 32.2. The van der Waals surface area contributed by atoms with Gasteiger partial charge in [0, 0.05) is 26.1 Å². The molecule has 2 rings (SSSR count). The van der Waals surface area contributed by atoms with Crippen molar-refractivity contribution in [1.29, 1.82) is 0 Å². The molecule has 0 bridgehead atoms. The van der Waals surface area contributed by atoms with E-state index in [9.17, 15) is 18.0 Å². The van der Waals surface area contributed by atoms with Crippen molar-refractivity contribution in [3.8, 4) is 5.75 Å². The molecule has 2 amide bonds. The predicted octanol–water partition coefficient (Wildman–Crippen LogP) is 4.27. The summed E-state index contributed by atoms with van der Waals surface area (Å²) in [5, 5.41) is 2.92. The standard InChI is InChI=1S/C28H41N3O5S/c1-6-19-29-28(33)24(7-2)30(21-23-15-10-9-14-22(23)4)27(32)18-13-20-31(37(5,34)35)25-16-11-12-17-26(25)36-8-3/h9-12,14-17,24H,6-8,13,18-21H2,1-5H3,(H,29,33)/t24-/m0/s1. The summed E-state index contributed by atoms with van der Waals surface area (Å²) in [4.78, 5) is 28.1. The molecule has 0 saturated carbocycles. The number of amides is 2. The molecule has 9 heteroatoms. The summed E-state index contributed by atoms with van der Waals surface area (Å²) >= 11 is 0. The van der Waals surface area contributed by atoms with E-state index in [4.69, 9.17) is 4.74 Å². The molecule has 0 fully saturated rings. The largest absolute Gasteiger partial charge is 0.492 e. The zero-order valence-electron chi connectivity index (χ0n) is 22.7. The van der Waals surface area contributed by atoms with E-state index in [1.807, 2.05) is 52.0 Å². The molecule has 1 atom stereocenters. The number of hydrogen-bond acceptors (Lipinski definition) is 5. The van der Waals surface area contributed by atoms with Gasteiger partial charge in [-0.2, -0.15) is 0 Å². The number of hydrogen-bond donors (Lipinski definition) is 1. The van der Waals surface area contributed by atoms with Crippen molar-refractivity contribution in [3.05, 3.63) is 59.7 Å². The molecule has 0 saturated heterocycles. The number of ether oxygens (including phenoxy) is 1. The van der Waals surface area contributed by atoms with Crippen LogP contribution in [-0.4, -0.2) is 57.1 Å². The van der Waals surface area contributed by atoms with Gasteiger partial charge in [-0.3, -0.25) is 13.9 Å². The minimum atomic E-state index is -3.61. The molecule has 0 heterocycles. The lowest BCUT2D eigenvalue weighted by Gasteiger charge is -2.31. The molecule has 2 aromatic carbocycles. The Balaban J connectivity index is 2.25. The molecule has 0 unspecified atom stereocenters. The van der Waals surface area contributed by atoms with Gasteiger partial charge in [-0.15, -0.1) is 0 Å². The Morgan fingerprint density at radius 1 is 1.03 bits per heavy atom. The second kappa shape index (κ2) is 14.6. The third kappa shape index (κ3) is 8.77. The van der Waals surface area contributed by atoms with Crippen LogP contribution in [0.1, 0.15) is 57.6 Å². The molecular weight excluding hydrogens is 490 g/mol. The number of nitrogens with zero attached hydrogens (tertiary/aromatic N) is 2. The van der Waals surface area contributed by atoms with Gasteiger partial charge < -0.3 is 15.0 Å². The smallest absolute Gasteiger partial charge is 0.242 e. The van der Waals surface area contributed by atoms with Gasteiger partial charge in [-0.1, -0.05) is 50.2 Å². The molecule has 0 aliphatic rings. The third-order valence-corrected chi connectivity index (χ3v) is 7.30. The van der Waals surface area contributed by atoms with Gasteiger partial charge in [0.15, 0.2) is 0 Å². The number of aryl methyl sites for hydroxylation is 1. The fraction of sp³-hybridized carbons (Fsp3) is 0.500. The van der Waals surface area contributed by atoms with Crippen molar-refractivity contribution in [3.63, 3.8) is 0 Å². The zero-order valence-corrected chi connectivity index (χ0v) is 23.5. The first kappa shape index (κ1) is 30.2. The Bertz CT molecular complexity index is 1140. The summed E-state index contributed by atoms with van der Waals surface area (Å²) in [6.07, 6.45) is 2.83. The minimum Gasteiger partial charge on any atom is -0.492 e. The number of rotatable bonds is 15. The molecule has 0 radical (unpaired) electrons. The van der Waals surface area contributed by atoms with E-state index < -0.39 is 16.1 Å². The molecule has 204 valence electrons. The Morgan fingerprint density at radius 3 is 2.32 bits per heavy atom. The van der Waals surface area contributed by atoms with Crippen molar-refractivity contribution in [2.24, 2.45) is 0 Å². The number of benzene rings is 2. The summed E-state index contributed by atoms with van der Waals surface area (Å²) in [5.74, 6) is 0.115. The Kier molecular flexibility index (Phi) is 11.9. The number of para-hydroxylation sites is 2. The quantitative estimate of drug-likeness (QED) is 0.370. The number of carbonyl (C=O) groups excluding carboxylic acids is 2. The lowest BCUT2D eigenvalue weighted by molar-refractivity contribution is -0.141. The summed E-state index contributed by atoms with van der Waals surface area (Å²) in [6.45, 7) is 9.07. The van der Waals surface area contributed by atoms with Gasteiger partial charge in [-0.25, -0.2) is 8.42 Å². The second-order valence-electron chi connectivity index (χ2n) is 9.00. The molecule has 1 N–H and O–H groups in total. The van der Waals surface area contributed by atoms with Crippen LogP contribution in [0.25, 0.3) is 0 Å². The predicted molar refractivity (Wildman–Crippen MR) is 148 cm³/mol. The first-order chi connectivity index (χ1) is 17.6. The van der Waals surface area contributed by atoms with Gasteiger partial charge in [0.1, 0.15) is 11.8 Å². The van der Waals surface area contributed by atoms with Gasteiger partial charge in [-0.05, 0) is 56.4 Å². The van der Waals surface area contributed by atoms with E-state index in [1.54, 1.807) is 29.2 Å². The second-order valence-corrected chi connectivity index (χ2v) is 10.9. The van der Waals surface area contributed by atoms with Crippen LogP contribution in [0.4, 0.5) is 5.69 Å². The van der Waals surface area contributed by atoms with Crippen LogP contribution in [-0.2, 0) is 26.2 Å². The van der Waals surface area contributed by atoms with E-state index in [-0.39, 0.29) is 24.8 Å². The van der Waals surface area contributed by atoms with Crippen molar-refractivity contribution >= 4 is 27.5 Å². The molecular formula is C28H41N3O5S. The van der Waals surface area contributed by atoms with Gasteiger partial charge in [0.25, 0.3) is 0 Å². The maximum absolute atomic E-state index is 13.5. The highest BCUT2D eigenvalue weighted by Crippen LogP contribution is 2.30. The maximum atomic E-state index is 13.5. The van der Waals surface area contributed by atoms with E-state index in [1.165, 1.54) is 4.31 Å². The molecule has 0 aromatic heterocycles. The number of sulfonamides is 1. The van der Waals surface area contributed by atoms with Gasteiger partial charge in [0.2, 0.25) is 21.8 Å². The fourth-order valence-electron chi connectivity index (χ4n) is 4.18. The number of nitrogens with one attached hydrogen (secondary N) is 1. The Labute approximate surface area is 222 Å². The van der Waals surface area contributed by atoms with Crippen LogP contribution in [0.5, 0.6) is 5.75 Å². The van der Waals surface area contributed by atoms with Crippen LogP contribution in [0.15, 0.2) is 48.5 Å². The number of carbonyl (C=O) groups is 2. The first-order valence-electron chi connectivity index (χ1n) is 12.9. The summed E-state index contributed by atoms with van der Waals surface area (Å²) < 4.78 is 32.2. The number of anilines is 1. The molecule has 2 aromatic rings. The van der Waals surface area contributed by atoms with Gasteiger partial charge in [0.05, 0.1) is 18.6 Å². The van der Waals surface area contributed by atoms with Crippen LogP contribution < -0.4 is 14.4 Å². The van der Waals surface area contributed by atoms with Crippen LogP contribution >= 0.6 is 0 Å². The minimum absolute atomic E-state index is 0.103. The van der Waals surface area contributed by atoms with Crippen molar-refractivity contribution in [1.82, 2.24) is 10.2 Å². The SMILES string of the molecule is CCCNC(=O)[C@H](CC)N(Cc1ccccc1C)C(=O)CCCN(c1ccccc1OCC)S(C)(=O)=O. The lowest BCUT2D eigenvalue weighted by atomic mass is 10.1. The fourth-order valence-corrected chi connectivity index (χ4v) is 5.15. The highest BCUT2D eigenvalue weighted by Gasteiger charge is 2.29. The van der Waals surface area contributed by atoms with Crippen LogP contribution in [0.3, 0.4) is 0 Å². The van der Waals surface area contributed by atoms with Crippen LogP contribution in [0, 0.1) is 6.92 Å². The van der Waals surface area contributed by atoms with Crippen molar-refractivity contribution < 1.29 is 22.7 Å². The molecule has 0 aliphatic heterocycles. The highest BCUT2D eigenvalue weighted by molar-refractivity contribution is 7.92. The lowest BCUT2D eigenvalue weighted by Crippen LogP contribution is -2.49. The molecule has 37 heavy (non-hydrogen) atoms. The summed E-state index contributed by atoms with van der Waals surface area (Å²) in [7, 11) is -3.61. The van der Waals surface area contributed by atoms with E-state index in [0.717, 1.165) is 23.8 Å². The van der Waals surface area contributed by atoms with E-state index in [0.29, 0.717) is 44.0 Å². The van der Waals surface area contributed by atoms with Crippen molar-refractivity contribution in [2.75, 3.05) is 30.3 Å². The van der Waals surface area contributed by atoms with Crippen LogP contribution in [0.2, 0.25) is 0 Å². The molecule has 0 aliphatic carbocycles. The first-order valence-corrected chi connectivity index (χ1v) is 14.8. The average molecular weight is 532 g/mol. The van der Waals surface area contributed by atoms with E-state index >= 15 is 0 Å². The Morgan fingerprint density at radius 2 is 1.70 bits per heavy atom. The van der Waals surface area contributed by atoms with E-state index in [2.05, 4.69) is 5.32 Å². The summed E-state index contributed by atoms with van der Waals surface area (Å²) in [5.41, 5.74) is 2.46. The molecule has 8 nitrogen and oxygen atoms in total. The van der Waals surface area contributed by atoms with Crippen molar-refractivity contribution in [2.45, 2.75) is 66.0 Å². The average Bonchev–Trinajstić information content (AvgIpc) is 2.86.